The van der Waals surface area contributed by atoms with E-state index in [2.05, 4.69) is 10.1 Å². The van der Waals surface area contributed by atoms with Gasteiger partial charge in [-0.2, -0.15) is 5.10 Å². The lowest BCUT2D eigenvalue weighted by atomic mass is 9.83. The van der Waals surface area contributed by atoms with E-state index in [-0.39, 0.29) is 5.91 Å². The third kappa shape index (κ3) is 3.73. The minimum atomic E-state index is -0.600. The van der Waals surface area contributed by atoms with Crippen LogP contribution in [0.3, 0.4) is 0 Å². The van der Waals surface area contributed by atoms with Gasteiger partial charge in [-0.05, 0) is 13.8 Å². The van der Waals surface area contributed by atoms with E-state index >= 15 is 0 Å². The van der Waals surface area contributed by atoms with Crippen LogP contribution in [-0.2, 0) is 17.8 Å². The van der Waals surface area contributed by atoms with Crippen LogP contribution in [0.15, 0.2) is 11.6 Å². The first-order chi connectivity index (χ1) is 13.0. The fourth-order valence-electron chi connectivity index (χ4n) is 3.97. The molecule has 0 aliphatic carbocycles. The summed E-state index contributed by atoms with van der Waals surface area (Å²) in [6.45, 7) is 6.06. The molecule has 2 aromatic heterocycles. The van der Waals surface area contributed by atoms with Gasteiger partial charge in [0.15, 0.2) is 5.75 Å². The summed E-state index contributed by atoms with van der Waals surface area (Å²) in [7, 11) is 0. The number of likely N-dealkylation sites (tertiary alicyclic amines) is 1. The number of hydrogen-bond acceptors (Lipinski definition) is 6. The maximum absolute atomic E-state index is 12.6. The number of nitrogens with zero attached hydrogens (tertiary/aromatic N) is 4. The Hall–Kier alpha value is -1.93. The summed E-state index contributed by atoms with van der Waals surface area (Å²) in [5.74, 6) is 0.864. The van der Waals surface area contributed by atoms with E-state index in [1.54, 1.807) is 16.0 Å². The molecule has 1 unspecified atom stereocenters. The Labute approximate surface area is 163 Å². The zero-order valence-electron chi connectivity index (χ0n) is 15.8. The molecule has 27 heavy (non-hydrogen) atoms. The molecule has 0 saturated carbocycles. The predicted octanol–water partition coefficient (Wildman–Crippen LogP) is 2.48. The van der Waals surface area contributed by atoms with Crippen LogP contribution in [0, 0.1) is 6.92 Å². The van der Waals surface area contributed by atoms with Crippen molar-refractivity contribution in [1.29, 1.82) is 0 Å². The van der Waals surface area contributed by atoms with Gasteiger partial charge in [0.05, 0.1) is 11.2 Å². The van der Waals surface area contributed by atoms with Crippen molar-refractivity contribution in [1.82, 2.24) is 19.7 Å². The first-order valence-electron chi connectivity index (χ1n) is 9.61. The second-order valence-corrected chi connectivity index (χ2v) is 8.45. The normalized spacial score (nSPS) is 21.1. The van der Waals surface area contributed by atoms with Crippen LogP contribution < -0.4 is 4.74 Å². The molecular formula is C19H26N4O3S. The lowest BCUT2D eigenvalue weighted by Gasteiger charge is -2.44. The Kier molecular flexibility index (Phi) is 4.94. The average Bonchev–Trinajstić information content (AvgIpc) is 3.26. The molecule has 1 amide bonds. The number of aliphatic hydroxyl groups is 1. The molecule has 1 spiro atoms. The van der Waals surface area contributed by atoms with Gasteiger partial charge < -0.3 is 14.7 Å². The van der Waals surface area contributed by atoms with Crippen LogP contribution in [-0.4, -0.2) is 49.4 Å². The first kappa shape index (κ1) is 18.4. The van der Waals surface area contributed by atoms with E-state index in [1.165, 1.54) is 0 Å². The zero-order valence-corrected chi connectivity index (χ0v) is 16.7. The number of hydrogen-bond donors (Lipinski definition) is 1. The van der Waals surface area contributed by atoms with Crippen molar-refractivity contribution in [2.75, 3.05) is 13.1 Å². The monoisotopic (exact) mass is 390 g/mol. The number of fused-ring (bicyclic) bond motifs is 1. The molecule has 1 fully saturated rings. The Morgan fingerprint density at radius 3 is 2.89 bits per heavy atom. The summed E-state index contributed by atoms with van der Waals surface area (Å²) < 4.78 is 8.08. The van der Waals surface area contributed by atoms with E-state index < -0.39 is 11.7 Å². The van der Waals surface area contributed by atoms with Crippen LogP contribution in [0.2, 0.25) is 0 Å². The van der Waals surface area contributed by atoms with Crippen LogP contribution in [0.1, 0.15) is 55.1 Å². The number of thiazole rings is 1. The zero-order chi connectivity index (χ0) is 19.0. The van der Waals surface area contributed by atoms with Crippen LogP contribution >= 0.6 is 11.3 Å². The van der Waals surface area contributed by atoms with Crippen molar-refractivity contribution in [2.45, 2.75) is 64.2 Å². The quantitative estimate of drug-likeness (QED) is 0.867. The highest BCUT2D eigenvalue weighted by molar-refractivity contribution is 7.09. The van der Waals surface area contributed by atoms with Crippen molar-refractivity contribution in [2.24, 2.45) is 0 Å². The molecule has 4 rings (SSSR count). The van der Waals surface area contributed by atoms with Crippen LogP contribution in [0.5, 0.6) is 5.75 Å². The minimum absolute atomic E-state index is 0.175. The third-order valence-corrected chi connectivity index (χ3v) is 6.56. The van der Waals surface area contributed by atoms with Crippen LogP contribution in [0.4, 0.5) is 0 Å². The van der Waals surface area contributed by atoms with E-state index in [1.807, 2.05) is 30.3 Å². The highest BCUT2D eigenvalue weighted by atomic mass is 32.1. The molecule has 4 heterocycles. The number of carbonyl (C=O) groups excluding carboxylic acids is 1. The smallest absolute Gasteiger partial charge is 0.222 e. The average molecular weight is 391 g/mol. The molecule has 7 nitrogen and oxygen atoms in total. The van der Waals surface area contributed by atoms with Gasteiger partial charge in [0.2, 0.25) is 5.91 Å². The number of amides is 1. The van der Waals surface area contributed by atoms with Gasteiger partial charge in [-0.25, -0.2) is 4.98 Å². The highest BCUT2D eigenvalue weighted by Crippen LogP contribution is 2.43. The summed E-state index contributed by atoms with van der Waals surface area (Å²) in [5, 5.41) is 18.0. The standard InChI is InChI=1S/C19H26N4O3S/c1-3-23-11-15-18(21-23)14(24)10-19(26-15)6-8-22(9-7-19)17(25)5-4-16-20-13(2)12-27-16/h11-12,14,24H,3-10H2,1-2H3. The molecule has 0 bridgehead atoms. The Bertz CT molecular complexity index is 823. The molecule has 2 aliphatic rings. The molecule has 0 aromatic carbocycles. The topological polar surface area (TPSA) is 80.5 Å². The highest BCUT2D eigenvalue weighted by Gasteiger charge is 2.44. The number of carbonyl (C=O) groups is 1. The summed E-state index contributed by atoms with van der Waals surface area (Å²) in [6, 6.07) is 0. The largest absolute Gasteiger partial charge is 0.483 e. The third-order valence-electron chi connectivity index (χ3n) is 5.53. The summed E-state index contributed by atoms with van der Waals surface area (Å²) in [6.07, 6.45) is 4.49. The van der Waals surface area contributed by atoms with Crippen molar-refractivity contribution in [3.63, 3.8) is 0 Å². The van der Waals surface area contributed by atoms with E-state index in [0.717, 1.165) is 30.1 Å². The maximum Gasteiger partial charge on any atom is 0.222 e. The number of rotatable bonds is 4. The first-order valence-corrected chi connectivity index (χ1v) is 10.5. The van der Waals surface area contributed by atoms with Crippen molar-refractivity contribution in [3.05, 3.63) is 28.0 Å². The van der Waals surface area contributed by atoms with Crippen molar-refractivity contribution < 1.29 is 14.6 Å². The molecule has 0 radical (unpaired) electrons. The number of piperidine rings is 1. The van der Waals surface area contributed by atoms with Gasteiger partial charge in [-0.15, -0.1) is 11.3 Å². The van der Waals surface area contributed by atoms with Gasteiger partial charge in [0.1, 0.15) is 17.4 Å². The van der Waals surface area contributed by atoms with Gasteiger partial charge in [-0.3, -0.25) is 9.48 Å². The summed E-state index contributed by atoms with van der Waals surface area (Å²) in [4.78, 5) is 18.9. The van der Waals surface area contributed by atoms with Gasteiger partial charge in [0.25, 0.3) is 0 Å². The summed E-state index contributed by atoms with van der Waals surface area (Å²) in [5.41, 5.74) is 1.26. The second kappa shape index (κ2) is 7.24. The molecule has 1 N–H and O–H groups in total. The number of aliphatic hydroxyl groups excluding tert-OH is 1. The number of ether oxygens (including phenoxy) is 1. The Morgan fingerprint density at radius 1 is 1.44 bits per heavy atom. The minimum Gasteiger partial charge on any atom is -0.483 e. The van der Waals surface area contributed by atoms with Gasteiger partial charge in [-0.1, -0.05) is 0 Å². The fourth-order valence-corrected chi connectivity index (χ4v) is 4.75. The molecular weight excluding hydrogens is 364 g/mol. The summed E-state index contributed by atoms with van der Waals surface area (Å²) >= 11 is 1.62. The molecule has 2 aliphatic heterocycles. The molecule has 1 saturated heterocycles. The lowest BCUT2D eigenvalue weighted by molar-refractivity contribution is -0.136. The van der Waals surface area contributed by atoms with E-state index in [0.29, 0.717) is 43.8 Å². The van der Waals surface area contributed by atoms with Gasteiger partial charge in [0, 0.05) is 62.8 Å². The molecule has 2 aromatic rings. The van der Waals surface area contributed by atoms with E-state index in [4.69, 9.17) is 4.74 Å². The Balaban J connectivity index is 1.35. The van der Waals surface area contributed by atoms with Crippen LogP contribution in [0.25, 0.3) is 0 Å². The number of aryl methyl sites for hydroxylation is 3. The Morgan fingerprint density at radius 2 is 2.22 bits per heavy atom. The maximum atomic E-state index is 12.6. The van der Waals surface area contributed by atoms with Gasteiger partial charge >= 0.3 is 0 Å². The molecule has 146 valence electrons. The molecule has 1 atom stereocenters. The number of aromatic nitrogens is 3. The van der Waals surface area contributed by atoms with Crippen molar-refractivity contribution in [3.8, 4) is 5.75 Å². The SMILES string of the molecule is CCn1cc2c(n1)C(O)CC1(CCN(C(=O)CCc3nc(C)cs3)CC1)O2. The van der Waals surface area contributed by atoms with Crippen molar-refractivity contribution >= 4 is 17.2 Å². The predicted molar refractivity (Wildman–Crippen MR) is 102 cm³/mol. The lowest BCUT2D eigenvalue weighted by Crippen LogP contribution is -2.51. The molecule has 8 heteroatoms. The van der Waals surface area contributed by atoms with E-state index in [9.17, 15) is 9.90 Å². The second-order valence-electron chi connectivity index (χ2n) is 7.50. The fraction of sp³-hybridized carbons (Fsp3) is 0.632.